The molecule has 0 unspecified atom stereocenters. The van der Waals surface area contributed by atoms with Gasteiger partial charge in [-0.3, -0.25) is 0 Å². The van der Waals surface area contributed by atoms with Crippen molar-refractivity contribution >= 4 is 10.0 Å². The minimum atomic E-state index is -3.55. The summed E-state index contributed by atoms with van der Waals surface area (Å²) < 4.78 is 32.6. The number of benzene rings is 1. The van der Waals surface area contributed by atoms with E-state index in [2.05, 4.69) is 11.6 Å². The molecule has 1 aliphatic carbocycles. The SMILES string of the molecule is CCC1(CNS(=O)(=O)c2ccc(CN)cc2OC)CC1. The van der Waals surface area contributed by atoms with Crippen LogP contribution in [0.3, 0.4) is 0 Å². The summed E-state index contributed by atoms with van der Waals surface area (Å²) in [5.41, 5.74) is 6.56. The fourth-order valence-corrected chi connectivity index (χ4v) is 3.52. The number of hydrogen-bond donors (Lipinski definition) is 2. The van der Waals surface area contributed by atoms with Crippen LogP contribution in [0.2, 0.25) is 0 Å². The van der Waals surface area contributed by atoms with E-state index in [1.165, 1.54) is 7.11 Å². The van der Waals surface area contributed by atoms with Gasteiger partial charge in [0.25, 0.3) is 0 Å². The van der Waals surface area contributed by atoms with E-state index >= 15 is 0 Å². The molecule has 1 fully saturated rings. The molecule has 1 saturated carbocycles. The van der Waals surface area contributed by atoms with Gasteiger partial charge in [-0.1, -0.05) is 13.0 Å². The summed E-state index contributed by atoms with van der Waals surface area (Å²) in [4.78, 5) is 0.170. The van der Waals surface area contributed by atoms with Crippen molar-refractivity contribution < 1.29 is 13.2 Å². The Labute approximate surface area is 120 Å². The molecule has 2 rings (SSSR count). The van der Waals surface area contributed by atoms with Crippen LogP contribution in [0, 0.1) is 5.41 Å². The molecule has 1 aromatic rings. The maximum atomic E-state index is 12.4. The molecule has 20 heavy (non-hydrogen) atoms. The van der Waals surface area contributed by atoms with Gasteiger partial charge >= 0.3 is 0 Å². The predicted molar refractivity (Wildman–Crippen MR) is 78.0 cm³/mol. The van der Waals surface area contributed by atoms with Gasteiger partial charge in [-0.05, 0) is 42.4 Å². The average Bonchev–Trinajstić information content (AvgIpc) is 3.25. The first-order chi connectivity index (χ1) is 9.46. The van der Waals surface area contributed by atoms with Gasteiger partial charge in [-0.2, -0.15) is 0 Å². The highest BCUT2D eigenvalue weighted by Gasteiger charge is 2.41. The highest BCUT2D eigenvalue weighted by Crippen LogP contribution is 2.48. The quantitative estimate of drug-likeness (QED) is 0.801. The molecule has 0 radical (unpaired) electrons. The van der Waals surface area contributed by atoms with Gasteiger partial charge < -0.3 is 10.5 Å². The number of hydrogen-bond acceptors (Lipinski definition) is 4. The lowest BCUT2D eigenvalue weighted by Gasteiger charge is -2.15. The summed E-state index contributed by atoms with van der Waals surface area (Å²) in [7, 11) is -2.09. The first kappa shape index (κ1) is 15.3. The number of methoxy groups -OCH3 is 1. The standard InChI is InChI=1S/C14H22N2O3S/c1-3-14(6-7-14)10-16-20(17,18)13-5-4-11(9-15)8-12(13)19-2/h4-5,8,16H,3,6-7,9-10,15H2,1-2H3. The highest BCUT2D eigenvalue weighted by atomic mass is 32.2. The molecular formula is C14H22N2O3S. The van der Waals surface area contributed by atoms with Crippen LogP contribution < -0.4 is 15.2 Å². The van der Waals surface area contributed by atoms with Crippen molar-refractivity contribution in [3.05, 3.63) is 23.8 Å². The number of nitrogens with two attached hydrogens (primary N) is 1. The summed E-state index contributed by atoms with van der Waals surface area (Å²) >= 11 is 0. The van der Waals surface area contributed by atoms with Crippen LogP contribution in [0.4, 0.5) is 0 Å². The number of sulfonamides is 1. The second-order valence-electron chi connectivity index (χ2n) is 5.37. The van der Waals surface area contributed by atoms with Gasteiger partial charge in [0, 0.05) is 13.1 Å². The minimum absolute atomic E-state index is 0.164. The lowest BCUT2D eigenvalue weighted by Crippen LogP contribution is -2.30. The van der Waals surface area contributed by atoms with E-state index in [9.17, 15) is 8.42 Å². The van der Waals surface area contributed by atoms with Crippen LogP contribution in [0.1, 0.15) is 31.7 Å². The molecule has 0 spiro atoms. The lowest BCUT2D eigenvalue weighted by atomic mass is 10.1. The van der Waals surface area contributed by atoms with Crippen molar-refractivity contribution in [2.75, 3.05) is 13.7 Å². The Morgan fingerprint density at radius 2 is 2.10 bits per heavy atom. The van der Waals surface area contributed by atoms with Crippen LogP contribution in [-0.4, -0.2) is 22.1 Å². The molecule has 0 aromatic heterocycles. The third-order valence-electron chi connectivity index (χ3n) is 4.10. The summed E-state index contributed by atoms with van der Waals surface area (Å²) in [5, 5.41) is 0. The Morgan fingerprint density at radius 3 is 2.60 bits per heavy atom. The maximum absolute atomic E-state index is 12.4. The lowest BCUT2D eigenvalue weighted by molar-refractivity contribution is 0.401. The third-order valence-corrected chi connectivity index (χ3v) is 5.54. The molecular weight excluding hydrogens is 276 g/mol. The molecule has 6 heteroatoms. The zero-order valence-electron chi connectivity index (χ0n) is 12.0. The largest absolute Gasteiger partial charge is 0.495 e. The van der Waals surface area contributed by atoms with E-state index in [-0.39, 0.29) is 10.3 Å². The minimum Gasteiger partial charge on any atom is -0.495 e. The van der Waals surface area contributed by atoms with E-state index < -0.39 is 10.0 Å². The molecule has 0 aliphatic heterocycles. The Kier molecular flexibility index (Phi) is 4.36. The van der Waals surface area contributed by atoms with E-state index in [1.54, 1.807) is 18.2 Å². The molecule has 1 aliphatic rings. The summed E-state index contributed by atoms with van der Waals surface area (Å²) in [6.45, 7) is 2.94. The van der Waals surface area contributed by atoms with E-state index in [0.29, 0.717) is 18.8 Å². The van der Waals surface area contributed by atoms with Crippen LogP contribution in [-0.2, 0) is 16.6 Å². The highest BCUT2D eigenvalue weighted by molar-refractivity contribution is 7.89. The van der Waals surface area contributed by atoms with Gasteiger partial charge in [0.15, 0.2) is 0 Å². The second-order valence-corrected chi connectivity index (χ2v) is 7.10. The monoisotopic (exact) mass is 298 g/mol. The Morgan fingerprint density at radius 1 is 1.40 bits per heavy atom. The third kappa shape index (κ3) is 3.13. The van der Waals surface area contributed by atoms with Crippen molar-refractivity contribution in [3.8, 4) is 5.75 Å². The normalized spacial score (nSPS) is 16.9. The number of rotatable bonds is 7. The van der Waals surface area contributed by atoms with Crippen LogP contribution >= 0.6 is 0 Å². The van der Waals surface area contributed by atoms with Gasteiger partial charge in [-0.15, -0.1) is 0 Å². The van der Waals surface area contributed by atoms with Gasteiger partial charge in [0.05, 0.1) is 7.11 Å². The molecule has 0 heterocycles. The molecule has 0 bridgehead atoms. The molecule has 0 saturated heterocycles. The first-order valence-electron chi connectivity index (χ1n) is 6.83. The number of ether oxygens (including phenoxy) is 1. The fourth-order valence-electron chi connectivity index (χ4n) is 2.22. The molecule has 3 N–H and O–H groups in total. The number of nitrogens with one attached hydrogen (secondary N) is 1. The van der Waals surface area contributed by atoms with Crippen molar-refractivity contribution in [1.82, 2.24) is 4.72 Å². The second kappa shape index (κ2) is 5.71. The Balaban J connectivity index is 2.20. The molecule has 1 aromatic carbocycles. The van der Waals surface area contributed by atoms with Gasteiger partial charge in [0.1, 0.15) is 10.6 Å². The fraction of sp³-hybridized carbons (Fsp3) is 0.571. The predicted octanol–water partition coefficient (Wildman–Crippen LogP) is 1.62. The first-order valence-corrected chi connectivity index (χ1v) is 8.31. The van der Waals surface area contributed by atoms with Crippen LogP contribution in [0.5, 0.6) is 5.75 Å². The molecule has 0 atom stereocenters. The van der Waals surface area contributed by atoms with Crippen molar-refractivity contribution in [3.63, 3.8) is 0 Å². The zero-order chi connectivity index (χ0) is 14.8. The van der Waals surface area contributed by atoms with Gasteiger partial charge in [0.2, 0.25) is 10.0 Å². The smallest absolute Gasteiger partial charge is 0.244 e. The van der Waals surface area contributed by atoms with Gasteiger partial charge in [-0.25, -0.2) is 13.1 Å². The summed E-state index contributed by atoms with van der Waals surface area (Å²) in [6.07, 6.45) is 3.18. The summed E-state index contributed by atoms with van der Waals surface area (Å²) in [6, 6.07) is 4.93. The van der Waals surface area contributed by atoms with Crippen molar-refractivity contribution in [1.29, 1.82) is 0 Å². The van der Waals surface area contributed by atoms with Crippen LogP contribution in [0.15, 0.2) is 23.1 Å². The van der Waals surface area contributed by atoms with E-state index in [1.807, 2.05) is 0 Å². The Bertz CT molecular complexity index is 580. The van der Waals surface area contributed by atoms with Crippen molar-refractivity contribution in [2.45, 2.75) is 37.6 Å². The Hall–Kier alpha value is -1.11. The average molecular weight is 298 g/mol. The summed E-state index contributed by atoms with van der Waals surface area (Å²) in [5.74, 6) is 0.335. The maximum Gasteiger partial charge on any atom is 0.244 e. The van der Waals surface area contributed by atoms with Crippen LogP contribution in [0.25, 0.3) is 0 Å². The van der Waals surface area contributed by atoms with Crippen molar-refractivity contribution in [2.24, 2.45) is 11.1 Å². The zero-order valence-corrected chi connectivity index (χ0v) is 12.8. The topological polar surface area (TPSA) is 81.4 Å². The molecule has 0 amide bonds. The molecule has 112 valence electrons. The van der Waals surface area contributed by atoms with E-state index in [4.69, 9.17) is 10.5 Å². The molecule has 5 nitrogen and oxygen atoms in total. The van der Waals surface area contributed by atoms with E-state index in [0.717, 1.165) is 24.8 Å².